The number of hydrogen-bond donors (Lipinski definition) is 0. The monoisotopic (exact) mass is 324 g/mol. The van der Waals surface area contributed by atoms with Crippen molar-refractivity contribution in [1.82, 2.24) is 0 Å². The van der Waals surface area contributed by atoms with Crippen molar-refractivity contribution in [2.75, 3.05) is 0 Å². The normalized spacial score (nSPS) is 17.9. The van der Waals surface area contributed by atoms with Crippen LogP contribution in [0.2, 0.25) is 6.04 Å². The van der Waals surface area contributed by atoms with Gasteiger partial charge in [-0.05, 0) is 85.6 Å². The van der Waals surface area contributed by atoms with Gasteiger partial charge in [-0.1, -0.05) is 12.1 Å². The van der Waals surface area contributed by atoms with E-state index in [-0.39, 0.29) is 4.46 Å². The third kappa shape index (κ3) is 3.26. The largest absolute Gasteiger partial charge is 0.110 e. The van der Waals surface area contributed by atoms with Crippen molar-refractivity contribution in [3.8, 4) is 0 Å². The second-order valence-corrected chi connectivity index (χ2v) is 9.36. The Bertz CT molecular complexity index is 448. The van der Waals surface area contributed by atoms with E-state index in [0.29, 0.717) is 9.52 Å². The van der Waals surface area contributed by atoms with Crippen LogP contribution in [0.4, 0.5) is 0 Å². The molecule has 0 unspecified atom stereocenters. The highest BCUT2D eigenvalue weighted by molar-refractivity contribution is 6.68. The number of fused-ring (bicyclic) bond motifs is 2. The van der Waals surface area contributed by atoms with E-state index in [9.17, 15) is 0 Å². The fourth-order valence-corrected chi connectivity index (χ4v) is 5.13. The molecule has 20 heavy (non-hydrogen) atoms. The summed E-state index contributed by atoms with van der Waals surface area (Å²) in [6.45, 7) is 0. The summed E-state index contributed by atoms with van der Waals surface area (Å²) in [5, 5.41) is 0. The van der Waals surface area contributed by atoms with Crippen molar-refractivity contribution in [3.05, 3.63) is 33.9 Å². The second-order valence-electron chi connectivity index (χ2n) is 6.05. The fraction of sp³-hybridized carbons (Fsp3) is 0.647. The molecular weight excluding hydrogens is 303 g/mol. The molecule has 0 bridgehead atoms. The average molecular weight is 325 g/mol. The van der Waals surface area contributed by atoms with Crippen molar-refractivity contribution < 1.29 is 0 Å². The van der Waals surface area contributed by atoms with Crippen LogP contribution in [0.1, 0.15) is 53.5 Å². The highest BCUT2D eigenvalue weighted by Crippen LogP contribution is 2.34. The molecule has 0 fully saturated rings. The van der Waals surface area contributed by atoms with E-state index in [2.05, 4.69) is 6.07 Å². The molecule has 3 heteroatoms. The third-order valence-electron chi connectivity index (χ3n) is 4.77. The topological polar surface area (TPSA) is 0 Å². The van der Waals surface area contributed by atoms with Crippen LogP contribution in [0.3, 0.4) is 0 Å². The summed E-state index contributed by atoms with van der Waals surface area (Å²) < 4.78 is -0.176. The molecule has 0 amide bonds. The lowest BCUT2D eigenvalue weighted by Crippen LogP contribution is -2.15. The van der Waals surface area contributed by atoms with E-state index < -0.39 is 0 Å². The van der Waals surface area contributed by atoms with Crippen LogP contribution in [0.25, 0.3) is 0 Å². The van der Waals surface area contributed by atoms with Gasteiger partial charge >= 0.3 is 0 Å². The highest BCUT2D eigenvalue weighted by Gasteiger charge is 2.21. The Labute approximate surface area is 135 Å². The molecule has 0 saturated carbocycles. The van der Waals surface area contributed by atoms with Gasteiger partial charge in [-0.25, -0.2) is 0 Å². The predicted octanol–water partition coefficient (Wildman–Crippen LogP) is 4.87. The first-order valence-corrected chi connectivity index (χ1v) is 10.1. The minimum atomic E-state index is -0.176. The number of halogens is 2. The molecule has 0 heterocycles. The summed E-state index contributed by atoms with van der Waals surface area (Å²) in [6, 6.07) is 3.70. The van der Waals surface area contributed by atoms with E-state index in [1.54, 1.807) is 27.8 Å². The van der Waals surface area contributed by atoms with Gasteiger partial charge in [-0.2, -0.15) is 0 Å². The smallest absolute Gasteiger partial charge is 0.0929 e. The lowest BCUT2D eigenvalue weighted by molar-refractivity contribution is 0.647. The lowest BCUT2D eigenvalue weighted by Gasteiger charge is -2.27. The van der Waals surface area contributed by atoms with Crippen LogP contribution in [-0.2, 0) is 32.1 Å². The second kappa shape index (κ2) is 6.85. The summed E-state index contributed by atoms with van der Waals surface area (Å²) >= 11 is 11.8. The lowest BCUT2D eigenvalue weighted by atomic mass is 9.78. The van der Waals surface area contributed by atoms with E-state index in [0.717, 1.165) is 6.04 Å². The van der Waals surface area contributed by atoms with Crippen LogP contribution in [-0.4, -0.2) is 14.0 Å². The quantitative estimate of drug-likeness (QED) is 0.547. The summed E-state index contributed by atoms with van der Waals surface area (Å²) in [6.07, 6.45) is 11.9. The van der Waals surface area contributed by atoms with Crippen molar-refractivity contribution in [2.45, 2.75) is 68.3 Å². The van der Waals surface area contributed by atoms with Crippen LogP contribution >= 0.6 is 23.2 Å². The van der Waals surface area contributed by atoms with Gasteiger partial charge in [-0.3, -0.25) is 0 Å². The maximum Gasteiger partial charge on any atom is 0.0929 e. The minimum Gasteiger partial charge on any atom is -0.110 e. The van der Waals surface area contributed by atoms with Crippen molar-refractivity contribution in [2.24, 2.45) is 0 Å². The Hall–Kier alpha value is 0.0169. The van der Waals surface area contributed by atoms with Gasteiger partial charge in [0, 0.05) is 0 Å². The Balaban J connectivity index is 1.91. The summed E-state index contributed by atoms with van der Waals surface area (Å²) in [7, 11) is 0.672. The number of benzene rings is 1. The molecule has 0 nitrogen and oxygen atoms in total. The first-order chi connectivity index (χ1) is 9.75. The molecule has 2 radical (unpaired) electrons. The molecule has 1 aromatic rings. The molecule has 0 atom stereocenters. The molecule has 1 aromatic carbocycles. The zero-order valence-electron chi connectivity index (χ0n) is 12.0. The van der Waals surface area contributed by atoms with Crippen LogP contribution in [0, 0.1) is 0 Å². The molecule has 2 aliphatic rings. The predicted molar refractivity (Wildman–Crippen MR) is 89.5 cm³/mol. The summed E-state index contributed by atoms with van der Waals surface area (Å²) in [5.74, 6) is 0. The third-order valence-corrected chi connectivity index (χ3v) is 6.54. The standard InChI is InChI=1S/C17H22Cl2Si/c18-17(19)20-10-9-16-14-7-3-1-5-12(14)11-13-6-2-4-8-15(13)16/h11,17H,1-10H2. The SMILES string of the molecule is ClC(Cl)[Si]CCc1c2c(cc3c1CCCC3)CCCC2. The van der Waals surface area contributed by atoms with E-state index in [1.165, 1.54) is 57.8 Å². The van der Waals surface area contributed by atoms with Crippen LogP contribution in [0.5, 0.6) is 0 Å². The van der Waals surface area contributed by atoms with E-state index in [1.807, 2.05) is 0 Å². The Kier molecular flexibility index (Phi) is 5.12. The molecule has 0 aliphatic heterocycles. The van der Waals surface area contributed by atoms with Crippen LogP contribution in [0.15, 0.2) is 6.07 Å². The zero-order chi connectivity index (χ0) is 13.9. The highest BCUT2D eigenvalue weighted by atomic mass is 35.5. The van der Waals surface area contributed by atoms with Gasteiger partial charge < -0.3 is 0 Å². The van der Waals surface area contributed by atoms with Crippen molar-refractivity contribution >= 4 is 32.7 Å². The van der Waals surface area contributed by atoms with Gasteiger partial charge in [0.25, 0.3) is 0 Å². The molecule has 0 spiro atoms. The van der Waals surface area contributed by atoms with Crippen molar-refractivity contribution in [1.29, 1.82) is 0 Å². The molecule has 108 valence electrons. The molecule has 0 N–H and O–H groups in total. The maximum absolute atomic E-state index is 5.91. The fourth-order valence-electron chi connectivity index (χ4n) is 3.87. The number of rotatable bonds is 4. The minimum absolute atomic E-state index is 0.176. The first kappa shape index (κ1) is 14.9. The Morgan fingerprint density at radius 3 is 2.00 bits per heavy atom. The zero-order valence-corrected chi connectivity index (χ0v) is 14.5. The average Bonchev–Trinajstić information content (AvgIpc) is 2.46. The molecule has 2 aliphatic carbocycles. The molecular formula is C17H22Cl2Si. The summed E-state index contributed by atoms with van der Waals surface area (Å²) in [4.78, 5) is 0. The summed E-state index contributed by atoms with van der Waals surface area (Å²) in [5.41, 5.74) is 8.40. The number of hydrogen-bond acceptors (Lipinski definition) is 0. The van der Waals surface area contributed by atoms with E-state index in [4.69, 9.17) is 23.2 Å². The molecule has 0 aromatic heterocycles. The van der Waals surface area contributed by atoms with Gasteiger partial charge in [0.2, 0.25) is 0 Å². The van der Waals surface area contributed by atoms with Gasteiger partial charge in [0.1, 0.15) is 0 Å². The Morgan fingerprint density at radius 2 is 1.45 bits per heavy atom. The number of aryl methyl sites for hydroxylation is 2. The van der Waals surface area contributed by atoms with E-state index >= 15 is 0 Å². The maximum atomic E-state index is 5.91. The number of alkyl halides is 2. The molecule has 0 saturated heterocycles. The van der Waals surface area contributed by atoms with Gasteiger partial charge in [0.15, 0.2) is 0 Å². The van der Waals surface area contributed by atoms with Gasteiger partial charge in [0.05, 0.1) is 14.0 Å². The van der Waals surface area contributed by atoms with Crippen molar-refractivity contribution in [3.63, 3.8) is 0 Å². The van der Waals surface area contributed by atoms with Gasteiger partial charge in [-0.15, -0.1) is 23.2 Å². The Morgan fingerprint density at radius 1 is 0.900 bits per heavy atom. The van der Waals surface area contributed by atoms with Crippen LogP contribution < -0.4 is 0 Å². The first-order valence-electron chi connectivity index (χ1n) is 7.92. The molecule has 3 rings (SSSR count).